The first-order valence-electron chi connectivity index (χ1n) is 9.41. The number of piperazine rings is 1. The zero-order valence-electron chi connectivity index (χ0n) is 14.9. The maximum Gasteiger partial charge on any atom is 0.418 e. The van der Waals surface area contributed by atoms with E-state index in [0.29, 0.717) is 19.1 Å². The average molecular weight is 369 g/mol. The summed E-state index contributed by atoms with van der Waals surface area (Å²) in [5.74, 6) is 0. The molecule has 1 heterocycles. The van der Waals surface area contributed by atoms with Gasteiger partial charge in [-0.3, -0.25) is 4.90 Å². The molecule has 1 saturated heterocycles. The zero-order valence-corrected chi connectivity index (χ0v) is 14.9. The molecule has 1 aromatic carbocycles. The number of rotatable bonds is 2. The molecule has 144 valence electrons. The molecule has 1 saturated carbocycles. The first-order valence-corrected chi connectivity index (χ1v) is 9.41. The van der Waals surface area contributed by atoms with Gasteiger partial charge in [-0.25, -0.2) is 4.79 Å². The van der Waals surface area contributed by atoms with E-state index >= 15 is 0 Å². The van der Waals surface area contributed by atoms with Gasteiger partial charge in [0.15, 0.2) is 0 Å². The van der Waals surface area contributed by atoms with Gasteiger partial charge in [0.1, 0.15) is 0 Å². The third kappa shape index (κ3) is 4.69. The number of carbonyl (C=O) groups excluding carboxylic acids is 1. The molecule has 0 radical (unpaired) electrons. The molecule has 0 bridgehead atoms. The van der Waals surface area contributed by atoms with Crippen molar-refractivity contribution in [2.75, 3.05) is 31.5 Å². The minimum absolute atomic E-state index is 0.184. The highest BCUT2D eigenvalue weighted by molar-refractivity contribution is 5.90. The van der Waals surface area contributed by atoms with Crippen molar-refractivity contribution < 1.29 is 18.0 Å². The van der Waals surface area contributed by atoms with Crippen LogP contribution in [0.3, 0.4) is 0 Å². The minimum atomic E-state index is -4.48. The first-order chi connectivity index (χ1) is 12.4. The summed E-state index contributed by atoms with van der Waals surface area (Å²) in [6.07, 6.45) is 3.08. The van der Waals surface area contributed by atoms with Crippen molar-refractivity contribution in [1.82, 2.24) is 9.80 Å². The number of halogens is 3. The Hall–Kier alpha value is -1.76. The highest BCUT2D eigenvalue weighted by atomic mass is 19.4. The Balaban J connectivity index is 1.56. The first kappa shape index (κ1) is 19.0. The maximum absolute atomic E-state index is 13.1. The fourth-order valence-corrected chi connectivity index (χ4v) is 3.95. The number of amides is 2. The van der Waals surface area contributed by atoms with Gasteiger partial charge >= 0.3 is 12.2 Å². The van der Waals surface area contributed by atoms with Crippen molar-refractivity contribution in [1.29, 1.82) is 0 Å². The van der Waals surface area contributed by atoms with Gasteiger partial charge in [0.2, 0.25) is 0 Å². The number of para-hydroxylation sites is 1. The quantitative estimate of drug-likeness (QED) is 0.775. The van der Waals surface area contributed by atoms with Crippen LogP contribution in [-0.2, 0) is 6.18 Å². The number of urea groups is 1. The number of alkyl halides is 3. The van der Waals surface area contributed by atoms with E-state index in [0.717, 1.165) is 19.2 Å². The van der Waals surface area contributed by atoms with Crippen molar-refractivity contribution in [3.05, 3.63) is 29.8 Å². The minimum Gasteiger partial charge on any atom is -0.322 e. The van der Waals surface area contributed by atoms with Crippen LogP contribution < -0.4 is 5.32 Å². The molecule has 2 fully saturated rings. The molecule has 1 N–H and O–H groups in total. The molecule has 4 nitrogen and oxygen atoms in total. The molecule has 1 aliphatic heterocycles. The van der Waals surface area contributed by atoms with Crippen LogP contribution >= 0.6 is 0 Å². The van der Waals surface area contributed by atoms with E-state index in [1.807, 2.05) is 0 Å². The van der Waals surface area contributed by atoms with Gasteiger partial charge in [0, 0.05) is 32.2 Å². The summed E-state index contributed by atoms with van der Waals surface area (Å²) in [5.41, 5.74) is -0.998. The molecule has 1 aliphatic carbocycles. The summed E-state index contributed by atoms with van der Waals surface area (Å²) >= 11 is 0. The summed E-state index contributed by atoms with van der Waals surface area (Å²) < 4.78 is 39.2. The Morgan fingerprint density at radius 1 is 0.962 bits per heavy atom. The molecule has 0 unspecified atom stereocenters. The third-order valence-corrected chi connectivity index (χ3v) is 5.42. The van der Waals surface area contributed by atoms with Gasteiger partial charge in [0.05, 0.1) is 11.3 Å². The zero-order chi connectivity index (χ0) is 18.6. The smallest absolute Gasteiger partial charge is 0.322 e. The second kappa shape index (κ2) is 8.29. The molecule has 2 amide bonds. The van der Waals surface area contributed by atoms with Gasteiger partial charge in [-0.1, -0.05) is 37.8 Å². The predicted octanol–water partition coefficient (Wildman–Crippen LogP) is 4.58. The maximum atomic E-state index is 13.1. The Kier molecular flexibility index (Phi) is 6.06. The summed E-state index contributed by atoms with van der Waals surface area (Å²) in [7, 11) is 0. The fourth-order valence-electron chi connectivity index (χ4n) is 3.95. The van der Waals surface area contributed by atoms with Crippen LogP contribution in [0.1, 0.15) is 44.1 Å². The van der Waals surface area contributed by atoms with E-state index in [1.54, 1.807) is 4.90 Å². The molecule has 7 heteroatoms. The average Bonchev–Trinajstić information content (AvgIpc) is 2.91. The third-order valence-electron chi connectivity index (χ3n) is 5.42. The van der Waals surface area contributed by atoms with E-state index in [9.17, 15) is 18.0 Å². The summed E-state index contributed by atoms with van der Waals surface area (Å²) in [4.78, 5) is 16.5. The number of nitrogens with one attached hydrogen (secondary N) is 1. The monoisotopic (exact) mass is 369 g/mol. The Morgan fingerprint density at radius 3 is 2.19 bits per heavy atom. The number of hydrogen-bond acceptors (Lipinski definition) is 2. The number of nitrogens with zero attached hydrogens (tertiary/aromatic N) is 2. The lowest BCUT2D eigenvalue weighted by Gasteiger charge is -2.39. The summed E-state index contributed by atoms with van der Waals surface area (Å²) in [6.45, 7) is 2.69. The molecule has 0 atom stereocenters. The Bertz CT molecular complexity index is 604. The molecule has 2 aliphatic rings. The highest BCUT2D eigenvalue weighted by Gasteiger charge is 2.34. The predicted molar refractivity (Wildman–Crippen MR) is 95.1 cm³/mol. The molecular weight excluding hydrogens is 343 g/mol. The van der Waals surface area contributed by atoms with Crippen LogP contribution in [-0.4, -0.2) is 48.1 Å². The standard InChI is InChI=1S/C19H26F3N3O/c20-19(21,22)16-9-5-6-10-17(16)23-18(26)25-13-11-24(12-14-25)15-7-3-1-2-4-8-15/h5-6,9-10,15H,1-4,7-8,11-14H2,(H,23,26). The summed E-state index contributed by atoms with van der Waals surface area (Å²) in [5, 5.41) is 2.44. The number of benzene rings is 1. The molecule has 3 rings (SSSR count). The van der Waals surface area contributed by atoms with Crippen LogP contribution in [0.2, 0.25) is 0 Å². The van der Waals surface area contributed by atoms with Crippen LogP contribution in [0.5, 0.6) is 0 Å². The lowest BCUT2D eigenvalue weighted by Crippen LogP contribution is -2.52. The van der Waals surface area contributed by atoms with Gasteiger partial charge in [-0.2, -0.15) is 13.2 Å². The molecular formula is C19H26F3N3O. The normalized spacial score (nSPS) is 20.7. The highest BCUT2D eigenvalue weighted by Crippen LogP contribution is 2.34. The number of carbonyl (C=O) groups is 1. The topological polar surface area (TPSA) is 35.6 Å². The number of hydrogen-bond donors (Lipinski definition) is 1. The largest absolute Gasteiger partial charge is 0.418 e. The van der Waals surface area contributed by atoms with E-state index in [-0.39, 0.29) is 5.69 Å². The Morgan fingerprint density at radius 2 is 1.58 bits per heavy atom. The molecule has 1 aromatic rings. The van der Waals surface area contributed by atoms with Crippen LogP contribution in [0.4, 0.5) is 23.7 Å². The van der Waals surface area contributed by atoms with Crippen molar-refractivity contribution in [3.63, 3.8) is 0 Å². The number of anilines is 1. The fraction of sp³-hybridized carbons (Fsp3) is 0.632. The second-order valence-electron chi connectivity index (χ2n) is 7.14. The Labute approximate surface area is 152 Å². The summed E-state index contributed by atoms with van der Waals surface area (Å²) in [6, 6.07) is 5.23. The lowest BCUT2D eigenvalue weighted by molar-refractivity contribution is -0.136. The van der Waals surface area contributed by atoms with Crippen molar-refractivity contribution >= 4 is 11.7 Å². The van der Waals surface area contributed by atoms with Crippen LogP contribution in [0.25, 0.3) is 0 Å². The molecule has 26 heavy (non-hydrogen) atoms. The van der Waals surface area contributed by atoms with Crippen molar-refractivity contribution in [3.8, 4) is 0 Å². The van der Waals surface area contributed by atoms with Crippen molar-refractivity contribution in [2.24, 2.45) is 0 Å². The van der Waals surface area contributed by atoms with Crippen LogP contribution in [0, 0.1) is 0 Å². The van der Waals surface area contributed by atoms with Crippen LogP contribution in [0.15, 0.2) is 24.3 Å². The SMILES string of the molecule is O=C(Nc1ccccc1C(F)(F)F)N1CCN(C2CCCCCC2)CC1. The molecule has 0 spiro atoms. The van der Waals surface area contributed by atoms with E-state index < -0.39 is 17.8 Å². The second-order valence-corrected chi connectivity index (χ2v) is 7.14. The van der Waals surface area contributed by atoms with E-state index in [2.05, 4.69) is 10.2 Å². The van der Waals surface area contributed by atoms with Crippen molar-refractivity contribution in [2.45, 2.75) is 50.7 Å². The van der Waals surface area contributed by atoms with Gasteiger partial charge in [-0.15, -0.1) is 0 Å². The van der Waals surface area contributed by atoms with E-state index in [4.69, 9.17) is 0 Å². The van der Waals surface area contributed by atoms with Gasteiger partial charge in [0.25, 0.3) is 0 Å². The van der Waals surface area contributed by atoms with E-state index in [1.165, 1.54) is 56.7 Å². The lowest BCUT2D eigenvalue weighted by atomic mass is 10.1. The van der Waals surface area contributed by atoms with Gasteiger partial charge < -0.3 is 10.2 Å². The molecule has 0 aromatic heterocycles. The van der Waals surface area contributed by atoms with Gasteiger partial charge in [-0.05, 0) is 25.0 Å².